The van der Waals surface area contributed by atoms with Gasteiger partial charge in [-0.1, -0.05) is 0 Å². The summed E-state index contributed by atoms with van der Waals surface area (Å²) < 4.78 is 5.48. The van der Waals surface area contributed by atoms with Crippen molar-refractivity contribution < 1.29 is 9.53 Å². The molecule has 5 heteroatoms. The summed E-state index contributed by atoms with van der Waals surface area (Å²) in [5.41, 5.74) is 5.36. The average Bonchev–Trinajstić information content (AvgIpc) is 2.72. The van der Waals surface area contributed by atoms with E-state index in [2.05, 4.69) is 5.32 Å². The Morgan fingerprint density at radius 3 is 2.70 bits per heavy atom. The number of amides is 1. The number of likely N-dealkylation sites (tertiary alicyclic amines) is 1. The molecule has 3 N–H and O–H groups in total. The summed E-state index contributed by atoms with van der Waals surface area (Å²) in [5.74, 6) is 0. The maximum Gasteiger partial charge on any atom is 0.410 e. The number of rotatable bonds is 4. The molecule has 1 amide bonds. The lowest BCUT2D eigenvalue weighted by atomic mass is 9.87. The molecule has 0 aromatic carbocycles. The average molecular weight is 283 g/mol. The Morgan fingerprint density at radius 2 is 2.10 bits per heavy atom. The Morgan fingerprint density at radius 1 is 1.40 bits per heavy atom. The maximum absolute atomic E-state index is 12.1. The minimum absolute atomic E-state index is 0.161. The quantitative estimate of drug-likeness (QED) is 0.826. The molecule has 0 bridgehead atoms. The molecule has 5 nitrogen and oxygen atoms in total. The summed E-state index contributed by atoms with van der Waals surface area (Å²) in [5, 5.41) is 3.53. The van der Waals surface area contributed by atoms with Crippen LogP contribution in [0.25, 0.3) is 0 Å². The SMILES string of the molecule is CC(C)(C)OC(=O)N1CCCC1CCNC1CC(N)C1. The third kappa shape index (κ3) is 4.35. The van der Waals surface area contributed by atoms with Crippen molar-refractivity contribution in [2.45, 2.75) is 76.6 Å². The van der Waals surface area contributed by atoms with Gasteiger partial charge in [-0.3, -0.25) is 0 Å². The molecular formula is C15H29N3O2. The maximum atomic E-state index is 12.1. The summed E-state index contributed by atoms with van der Waals surface area (Å²) >= 11 is 0. The number of nitrogens with zero attached hydrogens (tertiary/aromatic N) is 1. The van der Waals surface area contributed by atoms with Gasteiger partial charge in [0.25, 0.3) is 0 Å². The second-order valence-electron chi connectivity index (χ2n) is 7.14. The van der Waals surface area contributed by atoms with Crippen LogP contribution in [-0.2, 0) is 4.74 Å². The Balaban J connectivity index is 1.71. The van der Waals surface area contributed by atoms with Gasteiger partial charge in [0.2, 0.25) is 0 Å². The van der Waals surface area contributed by atoms with Gasteiger partial charge < -0.3 is 20.7 Å². The molecule has 20 heavy (non-hydrogen) atoms. The minimum Gasteiger partial charge on any atom is -0.444 e. The van der Waals surface area contributed by atoms with Gasteiger partial charge >= 0.3 is 6.09 Å². The van der Waals surface area contributed by atoms with Crippen LogP contribution >= 0.6 is 0 Å². The third-order valence-electron chi connectivity index (χ3n) is 4.09. The van der Waals surface area contributed by atoms with E-state index in [1.807, 2.05) is 25.7 Å². The van der Waals surface area contributed by atoms with Crippen LogP contribution in [0.4, 0.5) is 4.79 Å². The molecule has 0 radical (unpaired) electrons. The lowest BCUT2D eigenvalue weighted by molar-refractivity contribution is 0.0220. The first-order chi connectivity index (χ1) is 9.35. The van der Waals surface area contributed by atoms with E-state index in [0.29, 0.717) is 18.1 Å². The number of nitrogens with two attached hydrogens (primary N) is 1. The van der Waals surface area contributed by atoms with Crippen molar-refractivity contribution in [3.05, 3.63) is 0 Å². The lowest BCUT2D eigenvalue weighted by Gasteiger charge is -2.34. The number of hydrogen-bond acceptors (Lipinski definition) is 4. The van der Waals surface area contributed by atoms with Gasteiger partial charge in [0.1, 0.15) is 5.60 Å². The fourth-order valence-electron chi connectivity index (χ4n) is 2.98. The van der Waals surface area contributed by atoms with Crippen LogP contribution in [0.5, 0.6) is 0 Å². The number of carbonyl (C=O) groups is 1. The van der Waals surface area contributed by atoms with Crippen LogP contribution in [0.3, 0.4) is 0 Å². The summed E-state index contributed by atoms with van der Waals surface area (Å²) in [7, 11) is 0. The monoisotopic (exact) mass is 283 g/mol. The molecule has 1 unspecified atom stereocenters. The Hall–Kier alpha value is -0.810. The van der Waals surface area contributed by atoms with E-state index in [9.17, 15) is 4.79 Å². The van der Waals surface area contributed by atoms with E-state index < -0.39 is 5.60 Å². The highest BCUT2D eigenvalue weighted by Crippen LogP contribution is 2.23. The molecule has 1 saturated carbocycles. The smallest absolute Gasteiger partial charge is 0.410 e. The van der Waals surface area contributed by atoms with Gasteiger partial charge in [-0.25, -0.2) is 4.79 Å². The molecule has 0 aromatic rings. The van der Waals surface area contributed by atoms with Crippen molar-refractivity contribution in [1.82, 2.24) is 10.2 Å². The molecule has 1 heterocycles. The third-order valence-corrected chi connectivity index (χ3v) is 4.09. The predicted octanol–water partition coefficient (Wildman–Crippen LogP) is 1.86. The Bertz CT molecular complexity index is 335. The topological polar surface area (TPSA) is 67.6 Å². The largest absolute Gasteiger partial charge is 0.444 e. The van der Waals surface area contributed by atoms with E-state index in [-0.39, 0.29) is 6.09 Å². The summed E-state index contributed by atoms with van der Waals surface area (Å²) in [4.78, 5) is 14.0. The van der Waals surface area contributed by atoms with Gasteiger partial charge in [0, 0.05) is 24.7 Å². The van der Waals surface area contributed by atoms with Gasteiger partial charge in [-0.05, 0) is 59.4 Å². The highest BCUT2D eigenvalue weighted by molar-refractivity contribution is 5.68. The molecule has 116 valence electrons. The molecule has 2 fully saturated rings. The highest BCUT2D eigenvalue weighted by atomic mass is 16.6. The molecule has 0 aromatic heterocycles. The molecule has 1 atom stereocenters. The molecule has 1 aliphatic heterocycles. The molecule has 0 spiro atoms. The second-order valence-corrected chi connectivity index (χ2v) is 7.14. The summed E-state index contributed by atoms with van der Waals surface area (Å²) in [6, 6.07) is 1.30. The summed E-state index contributed by atoms with van der Waals surface area (Å²) in [6.45, 7) is 7.53. The van der Waals surface area contributed by atoms with Crippen molar-refractivity contribution in [1.29, 1.82) is 0 Å². The molecular weight excluding hydrogens is 254 g/mol. The van der Waals surface area contributed by atoms with Crippen LogP contribution in [0.1, 0.15) is 52.9 Å². The fraction of sp³-hybridized carbons (Fsp3) is 0.933. The van der Waals surface area contributed by atoms with Crippen molar-refractivity contribution in [2.75, 3.05) is 13.1 Å². The van der Waals surface area contributed by atoms with Crippen LogP contribution in [0, 0.1) is 0 Å². The Labute approximate surface area is 122 Å². The van der Waals surface area contributed by atoms with E-state index in [4.69, 9.17) is 10.5 Å². The van der Waals surface area contributed by atoms with Crippen molar-refractivity contribution in [3.63, 3.8) is 0 Å². The van der Waals surface area contributed by atoms with Gasteiger partial charge in [0.15, 0.2) is 0 Å². The zero-order valence-electron chi connectivity index (χ0n) is 13.0. The van der Waals surface area contributed by atoms with Gasteiger partial charge in [-0.15, -0.1) is 0 Å². The molecule has 1 aliphatic carbocycles. The summed E-state index contributed by atoms with van der Waals surface area (Å²) in [6.07, 6.45) is 5.18. The zero-order chi connectivity index (χ0) is 14.8. The normalized spacial score (nSPS) is 30.2. The minimum atomic E-state index is -0.412. The first-order valence-electron chi connectivity index (χ1n) is 7.84. The second kappa shape index (κ2) is 6.31. The van der Waals surface area contributed by atoms with Gasteiger partial charge in [0.05, 0.1) is 0 Å². The van der Waals surface area contributed by atoms with E-state index in [1.54, 1.807) is 0 Å². The molecule has 1 saturated heterocycles. The number of nitrogens with one attached hydrogen (secondary N) is 1. The van der Waals surface area contributed by atoms with Crippen LogP contribution < -0.4 is 11.1 Å². The van der Waals surface area contributed by atoms with Crippen molar-refractivity contribution >= 4 is 6.09 Å². The number of hydrogen-bond donors (Lipinski definition) is 2. The molecule has 2 aliphatic rings. The highest BCUT2D eigenvalue weighted by Gasteiger charge is 2.32. The first kappa shape index (κ1) is 15.6. The zero-order valence-corrected chi connectivity index (χ0v) is 13.0. The van der Waals surface area contributed by atoms with E-state index in [1.165, 1.54) is 0 Å². The van der Waals surface area contributed by atoms with E-state index in [0.717, 1.165) is 45.2 Å². The fourth-order valence-corrected chi connectivity index (χ4v) is 2.98. The predicted molar refractivity (Wildman–Crippen MR) is 79.6 cm³/mol. The Kier molecular flexibility index (Phi) is 4.91. The first-order valence-corrected chi connectivity index (χ1v) is 7.84. The van der Waals surface area contributed by atoms with Crippen molar-refractivity contribution in [2.24, 2.45) is 5.73 Å². The number of carbonyl (C=O) groups excluding carboxylic acids is 1. The standard InChI is InChI=1S/C15H29N3O2/c1-15(2,3)20-14(19)18-8-4-5-13(18)6-7-17-12-9-11(16)10-12/h11-13,17H,4-10,16H2,1-3H3. The van der Waals surface area contributed by atoms with Crippen molar-refractivity contribution in [3.8, 4) is 0 Å². The van der Waals surface area contributed by atoms with Crippen LogP contribution in [0.2, 0.25) is 0 Å². The van der Waals surface area contributed by atoms with E-state index >= 15 is 0 Å². The van der Waals surface area contributed by atoms with Crippen LogP contribution in [-0.4, -0.2) is 47.8 Å². The van der Waals surface area contributed by atoms with Gasteiger partial charge in [-0.2, -0.15) is 0 Å². The molecule has 2 rings (SSSR count). The lowest BCUT2D eigenvalue weighted by Crippen LogP contribution is -2.49. The van der Waals surface area contributed by atoms with Crippen LogP contribution in [0.15, 0.2) is 0 Å². The number of ether oxygens (including phenoxy) is 1.